The van der Waals surface area contributed by atoms with Gasteiger partial charge in [-0.3, -0.25) is 0 Å². The predicted molar refractivity (Wildman–Crippen MR) is 89.6 cm³/mol. The average molecular weight is 274 g/mol. The van der Waals surface area contributed by atoms with Crippen LogP contribution in [0.15, 0.2) is 10.7 Å². The first-order valence-electron chi connectivity index (χ1n) is 8.63. The van der Waals surface area contributed by atoms with Gasteiger partial charge in [-0.15, -0.1) is 5.47 Å². The van der Waals surface area contributed by atoms with Crippen molar-refractivity contribution in [1.82, 2.24) is 0 Å². The van der Waals surface area contributed by atoms with E-state index in [4.69, 9.17) is 0 Å². The van der Waals surface area contributed by atoms with Crippen LogP contribution in [0, 0.1) is 17.8 Å². The Balaban J connectivity index is 2.05. The molecule has 0 N–H and O–H groups in total. The number of hydrogen-bond donors (Lipinski definition) is 0. The monoisotopic (exact) mass is 274 g/mol. The van der Waals surface area contributed by atoms with Crippen LogP contribution in [-0.2, 0) is 0 Å². The molecule has 0 spiro atoms. The van der Waals surface area contributed by atoms with Gasteiger partial charge in [-0.05, 0) is 43.9 Å². The van der Waals surface area contributed by atoms with E-state index in [1.54, 1.807) is 19.2 Å². The molecule has 3 heterocycles. The van der Waals surface area contributed by atoms with E-state index < -0.39 is 8.07 Å². The highest BCUT2D eigenvalue weighted by Gasteiger charge is 2.50. The molecule has 0 aromatic rings. The molecule has 2 heteroatoms. The van der Waals surface area contributed by atoms with Crippen molar-refractivity contribution in [2.45, 2.75) is 77.7 Å². The normalized spacial score (nSPS) is 40.6. The van der Waals surface area contributed by atoms with Gasteiger partial charge in [0.2, 0.25) is 0 Å². The average Bonchev–Trinajstić information content (AvgIpc) is 2.56. The third kappa shape index (κ3) is 2.28. The van der Waals surface area contributed by atoms with Gasteiger partial charge in [0.15, 0.2) is 6.71 Å². The van der Waals surface area contributed by atoms with Gasteiger partial charge < -0.3 is 0 Å². The van der Waals surface area contributed by atoms with E-state index >= 15 is 0 Å². The minimum absolute atomic E-state index is 0.983. The highest BCUT2D eigenvalue weighted by atomic mass is 28.3. The molecule has 1 aliphatic carbocycles. The molecule has 4 bridgehead atoms. The Morgan fingerprint density at radius 2 is 1.95 bits per heavy atom. The molecule has 3 saturated heterocycles. The second kappa shape index (κ2) is 4.79. The number of rotatable bonds is 2. The van der Waals surface area contributed by atoms with Crippen LogP contribution in [0.3, 0.4) is 0 Å². The summed E-state index contributed by atoms with van der Waals surface area (Å²) in [5, 5.41) is 1.88. The van der Waals surface area contributed by atoms with Crippen LogP contribution in [0.25, 0.3) is 0 Å². The molecular weight excluding hydrogens is 243 g/mol. The van der Waals surface area contributed by atoms with Crippen LogP contribution >= 0.6 is 0 Å². The third-order valence-corrected chi connectivity index (χ3v) is 9.26. The molecule has 4 atom stereocenters. The van der Waals surface area contributed by atoms with Gasteiger partial charge in [-0.25, -0.2) is 0 Å². The molecule has 4 aliphatic rings. The fourth-order valence-corrected chi connectivity index (χ4v) is 6.82. The van der Waals surface area contributed by atoms with Crippen molar-refractivity contribution in [3.05, 3.63) is 10.7 Å². The number of allylic oxidation sites excluding steroid dienone is 2. The summed E-state index contributed by atoms with van der Waals surface area (Å²) in [5.74, 6) is 4.18. The van der Waals surface area contributed by atoms with E-state index in [-0.39, 0.29) is 0 Å². The number of fused-ring (bicyclic) bond motifs is 1. The zero-order valence-corrected chi connectivity index (χ0v) is 14.6. The predicted octanol–water partition coefficient (Wildman–Crippen LogP) is 5.44. The molecule has 19 heavy (non-hydrogen) atoms. The van der Waals surface area contributed by atoms with Crippen LogP contribution in [0.5, 0.6) is 0 Å². The Morgan fingerprint density at radius 3 is 2.58 bits per heavy atom. The Bertz CT molecular complexity index is 393. The number of hydrogen-bond acceptors (Lipinski definition) is 0. The molecule has 0 aromatic heterocycles. The van der Waals surface area contributed by atoms with E-state index in [0.29, 0.717) is 0 Å². The molecule has 1 saturated carbocycles. The molecule has 4 rings (SSSR count). The highest BCUT2D eigenvalue weighted by molar-refractivity contribution is 6.85. The van der Waals surface area contributed by atoms with Gasteiger partial charge in [0.25, 0.3) is 0 Å². The Hall–Kier alpha value is 0.0218. The van der Waals surface area contributed by atoms with Crippen molar-refractivity contribution < 1.29 is 0 Å². The van der Waals surface area contributed by atoms with E-state index in [2.05, 4.69) is 33.5 Å². The van der Waals surface area contributed by atoms with Gasteiger partial charge >= 0.3 is 0 Å². The fraction of sp³-hybridized carbons (Fsp3) is 0.882. The zero-order valence-electron chi connectivity index (χ0n) is 13.6. The van der Waals surface area contributed by atoms with Crippen LogP contribution in [-0.4, -0.2) is 14.8 Å². The van der Waals surface area contributed by atoms with E-state index in [1.165, 1.54) is 19.3 Å². The summed E-state index contributed by atoms with van der Waals surface area (Å²) in [6, 6.07) is 0. The molecule has 0 amide bonds. The minimum atomic E-state index is -1.11. The first-order valence-corrected chi connectivity index (χ1v) is 12.1. The minimum Gasteiger partial charge on any atom is -0.103 e. The van der Waals surface area contributed by atoms with Crippen molar-refractivity contribution in [2.24, 2.45) is 17.8 Å². The molecule has 4 fully saturated rings. The molecule has 3 aliphatic heterocycles. The first kappa shape index (κ1) is 14.0. The summed E-state index contributed by atoms with van der Waals surface area (Å²) >= 11 is 0. The van der Waals surface area contributed by atoms with Gasteiger partial charge in [-0.1, -0.05) is 56.7 Å². The quantitative estimate of drug-likeness (QED) is 0.588. The maximum Gasteiger partial charge on any atom is 0.174 e. The lowest BCUT2D eigenvalue weighted by Gasteiger charge is -2.47. The van der Waals surface area contributed by atoms with Crippen LogP contribution in [0.1, 0.15) is 46.0 Å². The topological polar surface area (TPSA) is 0 Å². The standard InChI is InChI=1S/C17H31BSi/c1-6-16-15-9-13-7-8-14(10-15)17(18(16)11-13)12(2)19(3,4)5/h13-16H,6-11H2,1-5H3/b17-12-/t13-,14+,15-,16?/m1/s1. The summed E-state index contributed by atoms with van der Waals surface area (Å²) in [7, 11) is -1.11. The van der Waals surface area contributed by atoms with Crippen LogP contribution in [0.2, 0.25) is 31.8 Å². The maximum absolute atomic E-state index is 2.55. The lowest BCUT2D eigenvalue weighted by Crippen LogP contribution is -2.44. The van der Waals surface area contributed by atoms with Crippen LogP contribution < -0.4 is 0 Å². The zero-order chi connectivity index (χ0) is 13.8. The summed E-state index contributed by atoms with van der Waals surface area (Å²) in [4.78, 5) is 0. The van der Waals surface area contributed by atoms with Crippen molar-refractivity contribution in [3.8, 4) is 0 Å². The largest absolute Gasteiger partial charge is 0.174 e. The highest BCUT2D eigenvalue weighted by Crippen LogP contribution is 2.57. The maximum atomic E-state index is 2.55. The van der Waals surface area contributed by atoms with E-state index in [1.807, 2.05) is 10.7 Å². The van der Waals surface area contributed by atoms with Gasteiger partial charge in [0.1, 0.15) is 0 Å². The molecular formula is C17H31BSi. The van der Waals surface area contributed by atoms with Gasteiger partial charge in [-0.2, -0.15) is 0 Å². The van der Waals surface area contributed by atoms with E-state index in [9.17, 15) is 0 Å². The molecule has 0 radical (unpaired) electrons. The Labute approximate surface area is 121 Å². The summed E-state index contributed by atoms with van der Waals surface area (Å²) in [5.41, 5.74) is 1.99. The van der Waals surface area contributed by atoms with Crippen LogP contribution in [0.4, 0.5) is 0 Å². The second-order valence-electron chi connectivity index (χ2n) is 8.62. The first-order chi connectivity index (χ1) is 8.91. The Morgan fingerprint density at radius 1 is 1.21 bits per heavy atom. The smallest absolute Gasteiger partial charge is 0.103 e. The molecule has 106 valence electrons. The van der Waals surface area contributed by atoms with Crippen molar-refractivity contribution >= 4 is 14.8 Å². The van der Waals surface area contributed by atoms with Gasteiger partial charge in [0, 0.05) is 0 Å². The molecule has 0 aromatic carbocycles. The lowest BCUT2D eigenvalue weighted by molar-refractivity contribution is 0.315. The van der Waals surface area contributed by atoms with Crippen molar-refractivity contribution in [3.63, 3.8) is 0 Å². The lowest BCUT2D eigenvalue weighted by atomic mass is 9.25. The SMILES string of the molecule is CCC1B2C[C@@H]3CC[C@@H](C[C@H]1C3)/C2=C(\C)[Si](C)(C)C. The third-order valence-electron chi connectivity index (χ3n) is 6.73. The van der Waals surface area contributed by atoms with E-state index in [0.717, 1.165) is 30.3 Å². The second-order valence-corrected chi connectivity index (χ2v) is 13.9. The van der Waals surface area contributed by atoms with Crippen molar-refractivity contribution in [2.75, 3.05) is 0 Å². The summed E-state index contributed by atoms with van der Waals surface area (Å²) in [6.45, 7) is 13.6. The van der Waals surface area contributed by atoms with Gasteiger partial charge in [0.05, 0.1) is 8.07 Å². The molecule has 1 unspecified atom stereocenters. The molecule has 0 nitrogen and oxygen atoms in total. The van der Waals surface area contributed by atoms with Crippen molar-refractivity contribution in [1.29, 1.82) is 0 Å². The Kier molecular flexibility index (Phi) is 3.52. The summed E-state index contributed by atoms with van der Waals surface area (Å²) < 4.78 is 0. The summed E-state index contributed by atoms with van der Waals surface area (Å²) in [6.07, 6.45) is 9.15. The fourth-order valence-electron chi connectivity index (χ4n) is 5.57.